The molecule has 0 atom stereocenters. The molecule has 0 aliphatic carbocycles. The third-order valence-corrected chi connectivity index (χ3v) is 6.68. The van der Waals surface area contributed by atoms with Crippen LogP contribution < -0.4 is 9.64 Å². The van der Waals surface area contributed by atoms with Gasteiger partial charge in [0.15, 0.2) is 0 Å². The van der Waals surface area contributed by atoms with Crippen LogP contribution in [-0.4, -0.2) is 46.0 Å². The van der Waals surface area contributed by atoms with Gasteiger partial charge in [-0.2, -0.15) is 4.31 Å². The molecule has 3 rings (SSSR count). The zero-order valence-corrected chi connectivity index (χ0v) is 15.7. The average molecular weight is 382 g/mol. The van der Waals surface area contributed by atoms with Gasteiger partial charge in [0.2, 0.25) is 10.0 Å². The highest BCUT2D eigenvalue weighted by Crippen LogP contribution is 2.19. The fraction of sp³-hybridized carbons (Fsp3) is 0.333. The van der Waals surface area contributed by atoms with Crippen molar-refractivity contribution in [3.8, 4) is 5.75 Å². The number of sulfonamides is 1. The molecule has 0 saturated carbocycles. The second-order valence-electron chi connectivity index (χ2n) is 6.10. The van der Waals surface area contributed by atoms with E-state index in [-0.39, 0.29) is 0 Å². The van der Waals surface area contributed by atoms with E-state index in [9.17, 15) is 8.42 Å². The van der Waals surface area contributed by atoms with Gasteiger partial charge in [-0.1, -0.05) is 23.7 Å². The Morgan fingerprint density at radius 2 is 1.72 bits per heavy atom. The van der Waals surface area contributed by atoms with E-state index in [1.165, 1.54) is 4.90 Å². The van der Waals surface area contributed by atoms with E-state index in [2.05, 4.69) is 6.07 Å². The maximum Gasteiger partial charge on any atom is 0.243 e. The van der Waals surface area contributed by atoms with Gasteiger partial charge in [0.1, 0.15) is 12.3 Å². The number of hydrogen-bond donors (Lipinski definition) is 1. The van der Waals surface area contributed by atoms with Gasteiger partial charge < -0.3 is 9.64 Å². The molecular formula is C18H22ClN2O3S+. The van der Waals surface area contributed by atoms with E-state index < -0.39 is 10.0 Å². The summed E-state index contributed by atoms with van der Waals surface area (Å²) in [5, 5.41) is 0.532. The number of halogens is 1. The largest absolute Gasteiger partial charge is 0.496 e. The molecule has 0 radical (unpaired) electrons. The quantitative estimate of drug-likeness (QED) is 0.852. The van der Waals surface area contributed by atoms with Crippen molar-refractivity contribution in [1.29, 1.82) is 0 Å². The number of nitrogens with zero attached hydrogens (tertiary/aromatic N) is 1. The molecule has 1 aliphatic rings. The van der Waals surface area contributed by atoms with Gasteiger partial charge in [-0.05, 0) is 36.4 Å². The number of hydrogen-bond acceptors (Lipinski definition) is 3. The topological polar surface area (TPSA) is 51.1 Å². The van der Waals surface area contributed by atoms with E-state index >= 15 is 0 Å². The normalized spacial score (nSPS) is 16.7. The van der Waals surface area contributed by atoms with Crippen LogP contribution >= 0.6 is 11.6 Å². The van der Waals surface area contributed by atoms with Crippen molar-refractivity contribution in [2.45, 2.75) is 11.4 Å². The van der Waals surface area contributed by atoms with Crippen molar-refractivity contribution in [1.82, 2.24) is 4.31 Å². The molecule has 7 heteroatoms. The minimum Gasteiger partial charge on any atom is -0.496 e. The van der Waals surface area contributed by atoms with Gasteiger partial charge in [-0.3, -0.25) is 0 Å². The number of piperazine rings is 1. The Labute approximate surface area is 153 Å². The molecule has 2 aromatic rings. The minimum atomic E-state index is -3.45. The molecular weight excluding hydrogens is 360 g/mol. The van der Waals surface area contributed by atoms with Gasteiger partial charge in [0.05, 0.1) is 38.2 Å². The highest BCUT2D eigenvalue weighted by Gasteiger charge is 2.30. The summed E-state index contributed by atoms with van der Waals surface area (Å²) < 4.78 is 32.4. The Bertz CT molecular complexity index is 816. The zero-order valence-electron chi connectivity index (χ0n) is 14.1. The predicted octanol–water partition coefficient (Wildman–Crippen LogP) is 1.44. The Morgan fingerprint density at radius 3 is 2.36 bits per heavy atom. The number of benzene rings is 2. The van der Waals surface area contributed by atoms with Gasteiger partial charge >= 0.3 is 0 Å². The summed E-state index contributed by atoms with van der Waals surface area (Å²) in [7, 11) is -1.78. The Morgan fingerprint density at radius 1 is 1.08 bits per heavy atom. The number of para-hydroxylation sites is 1. The summed E-state index contributed by atoms with van der Waals surface area (Å²) >= 11 is 5.85. The van der Waals surface area contributed by atoms with Crippen molar-refractivity contribution >= 4 is 21.6 Å². The van der Waals surface area contributed by atoms with Gasteiger partial charge in [-0.15, -0.1) is 0 Å². The van der Waals surface area contributed by atoms with Crippen molar-refractivity contribution in [3.63, 3.8) is 0 Å². The fourth-order valence-electron chi connectivity index (χ4n) is 3.09. The molecule has 1 fully saturated rings. The van der Waals surface area contributed by atoms with Crippen molar-refractivity contribution in [2.24, 2.45) is 0 Å². The SMILES string of the molecule is COc1ccccc1C[NH+]1CCN(S(=O)(=O)c2ccc(Cl)cc2)CC1. The van der Waals surface area contributed by atoms with Crippen LogP contribution in [0, 0.1) is 0 Å². The Balaban J connectivity index is 1.64. The summed E-state index contributed by atoms with van der Waals surface area (Å²) in [4.78, 5) is 1.65. The van der Waals surface area contributed by atoms with Crippen molar-refractivity contribution < 1.29 is 18.1 Å². The maximum atomic E-state index is 12.7. The van der Waals surface area contributed by atoms with E-state index in [0.717, 1.165) is 30.9 Å². The average Bonchev–Trinajstić information content (AvgIpc) is 2.63. The first-order chi connectivity index (χ1) is 12.0. The van der Waals surface area contributed by atoms with Gasteiger partial charge in [0, 0.05) is 10.6 Å². The molecule has 2 aromatic carbocycles. The van der Waals surface area contributed by atoms with Crippen LogP contribution in [-0.2, 0) is 16.6 Å². The number of nitrogens with one attached hydrogen (secondary N) is 1. The molecule has 0 amide bonds. The highest BCUT2D eigenvalue weighted by molar-refractivity contribution is 7.89. The second-order valence-corrected chi connectivity index (χ2v) is 8.47. The second kappa shape index (κ2) is 7.74. The van der Waals surface area contributed by atoms with Crippen LogP contribution in [0.3, 0.4) is 0 Å². The van der Waals surface area contributed by atoms with Crippen LogP contribution in [0.15, 0.2) is 53.4 Å². The van der Waals surface area contributed by atoms with E-state index in [4.69, 9.17) is 16.3 Å². The number of rotatable bonds is 5. The van der Waals surface area contributed by atoms with Gasteiger partial charge in [0.25, 0.3) is 0 Å². The lowest BCUT2D eigenvalue weighted by atomic mass is 10.2. The molecule has 134 valence electrons. The van der Waals surface area contributed by atoms with Crippen molar-refractivity contribution in [2.75, 3.05) is 33.3 Å². The first-order valence-corrected chi connectivity index (χ1v) is 10.0. The van der Waals surface area contributed by atoms with Crippen LogP contribution in [0.4, 0.5) is 0 Å². The number of methoxy groups -OCH3 is 1. The van der Waals surface area contributed by atoms with Crippen LogP contribution in [0.1, 0.15) is 5.56 Å². The molecule has 1 aliphatic heterocycles. The maximum absolute atomic E-state index is 12.7. The summed E-state index contributed by atoms with van der Waals surface area (Å²) in [6, 6.07) is 14.3. The summed E-state index contributed by atoms with van der Waals surface area (Å²) in [6.45, 7) is 3.39. The van der Waals surface area contributed by atoms with Gasteiger partial charge in [-0.25, -0.2) is 8.42 Å². The van der Waals surface area contributed by atoms with E-state index in [0.29, 0.717) is 23.0 Å². The zero-order chi connectivity index (χ0) is 17.9. The highest BCUT2D eigenvalue weighted by atomic mass is 35.5. The van der Waals surface area contributed by atoms with Crippen molar-refractivity contribution in [3.05, 3.63) is 59.1 Å². The first-order valence-electron chi connectivity index (χ1n) is 8.22. The third-order valence-electron chi connectivity index (χ3n) is 4.51. The molecule has 25 heavy (non-hydrogen) atoms. The Hall–Kier alpha value is -1.60. The molecule has 0 spiro atoms. The number of quaternary nitrogens is 1. The summed E-state index contributed by atoms with van der Waals surface area (Å²) in [6.07, 6.45) is 0. The monoisotopic (exact) mass is 381 g/mol. The molecule has 1 N–H and O–H groups in total. The first kappa shape index (κ1) is 18.2. The molecule has 1 heterocycles. The van der Waals surface area contributed by atoms with Crippen LogP contribution in [0.2, 0.25) is 5.02 Å². The molecule has 1 saturated heterocycles. The smallest absolute Gasteiger partial charge is 0.243 e. The van der Waals surface area contributed by atoms with E-state index in [1.54, 1.807) is 35.7 Å². The van der Waals surface area contributed by atoms with Crippen LogP contribution in [0.25, 0.3) is 0 Å². The predicted molar refractivity (Wildman–Crippen MR) is 97.6 cm³/mol. The molecule has 0 aromatic heterocycles. The summed E-state index contributed by atoms with van der Waals surface area (Å²) in [5.74, 6) is 0.881. The molecule has 0 bridgehead atoms. The Kier molecular flexibility index (Phi) is 5.64. The minimum absolute atomic E-state index is 0.296. The number of ether oxygens (including phenoxy) is 1. The fourth-order valence-corrected chi connectivity index (χ4v) is 4.66. The lowest BCUT2D eigenvalue weighted by molar-refractivity contribution is -0.917. The lowest BCUT2D eigenvalue weighted by Crippen LogP contribution is -3.13. The van der Waals surface area contributed by atoms with E-state index in [1.807, 2.05) is 18.2 Å². The molecule has 0 unspecified atom stereocenters. The van der Waals surface area contributed by atoms with Crippen LogP contribution in [0.5, 0.6) is 5.75 Å². The lowest BCUT2D eigenvalue weighted by Gasteiger charge is -2.31. The standard InChI is InChI=1S/C18H21ClN2O3S/c1-24-18-5-3-2-4-15(18)14-20-10-12-21(13-11-20)25(22,23)17-8-6-16(19)7-9-17/h2-9H,10-14H2,1H3/p+1. The summed E-state index contributed by atoms with van der Waals surface area (Å²) in [5.41, 5.74) is 1.15. The third kappa shape index (κ3) is 4.15. The molecule has 5 nitrogen and oxygen atoms in total.